The Hall–Kier alpha value is -0.120. The average molecular weight is 153 g/mol. The summed E-state index contributed by atoms with van der Waals surface area (Å²) in [6.07, 6.45) is 4.01. The van der Waals surface area contributed by atoms with E-state index in [0.717, 1.165) is 6.54 Å². The maximum atomic E-state index is 5.91. The Morgan fingerprint density at radius 3 is 2.64 bits per heavy atom. The van der Waals surface area contributed by atoms with E-state index in [2.05, 4.69) is 9.91 Å². The van der Waals surface area contributed by atoms with Crippen molar-refractivity contribution in [3.63, 3.8) is 0 Å². The Kier molecular flexibility index (Phi) is 1.04. The second kappa shape index (κ2) is 1.79. The molecule has 0 bridgehead atoms. The summed E-state index contributed by atoms with van der Waals surface area (Å²) in [5, 5.41) is 2.07. The molecule has 11 heavy (non-hydrogen) atoms. The Labute approximate surface area is 67.1 Å². The van der Waals surface area contributed by atoms with Crippen molar-refractivity contribution in [2.24, 2.45) is 5.84 Å². The number of nitrogens with zero attached hydrogens (tertiary/aromatic N) is 2. The maximum Gasteiger partial charge on any atom is 0.0438 e. The molecule has 2 atom stereocenters. The molecule has 1 spiro atoms. The van der Waals surface area contributed by atoms with E-state index in [9.17, 15) is 0 Å². The summed E-state index contributed by atoms with van der Waals surface area (Å²) < 4.78 is 0. The predicted molar refractivity (Wildman–Crippen MR) is 42.8 cm³/mol. The van der Waals surface area contributed by atoms with Crippen molar-refractivity contribution in [1.82, 2.24) is 9.91 Å². The van der Waals surface area contributed by atoms with Crippen LogP contribution in [0.1, 0.15) is 19.3 Å². The molecule has 3 aliphatic heterocycles. The molecule has 3 rings (SSSR count). The molecule has 0 aliphatic carbocycles. The van der Waals surface area contributed by atoms with Crippen LogP contribution in [0.2, 0.25) is 0 Å². The molecule has 3 saturated heterocycles. The summed E-state index contributed by atoms with van der Waals surface area (Å²) in [5.41, 5.74) is 0.550. The molecule has 0 aromatic carbocycles. The van der Waals surface area contributed by atoms with E-state index in [1.807, 2.05) is 0 Å². The van der Waals surface area contributed by atoms with Gasteiger partial charge in [-0.25, -0.2) is 5.01 Å². The van der Waals surface area contributed by atoms with Crippen LogP contribution in [0.3, 0.4) is 0 Å². The van der Waals surface area contributed by atoms with Gasteiger partial charge in [0.25, 0.3) is 0 Å². The first-order valence-electron chi connectivity index (χ1n) is 4.59. The van der Waals surface area contributed by atoms with Gasteiger partial charge in [0.15, 0.2) is 0 Å². The Morgan fingerprint density at radius 2 is 2.00 bits per heavy atom. The van der Waals surface area contributed by atoms with E-state index in [-0.39, 0.29) is 0 Å². The first-order valence-corrected chi connectivity index (χ1v) is 4.59. The van der Waals surface area contributed by atoms with Crippen LogP contribution >= 0.6 is 0 Å². The van der Waals surface area contributed by atoms with Crippen molar-refractivity contribution in [3.05, 3.63) is 0 Å². The fraction of sp³-hybridized carbons (Fsp3) is 1.00. The Balaban J connectivity index is 1.95. The fourth-order valence-electron chi connectivity index (χ4n) is 3.22. The number of nitrogens with two attached hydrogens (primary N) is 1. The topological polar surface area (TPSA) is 32.5 Å². The summed E-state index contributed by atoms with van der Waals surface area (Å²) in [6, 6.07) is 0.691. The molecule has 0 radical (unpaired) electrons. The van der Waals surface area contributed by atoms with Gasteiger partial charge >= 0.3 is 0 Å². The normalized spacial score (nSPS) is 50.5. The molecule has 3 heterocycles. The van der Waals surface area contributed by atoms with Gasteiger partial charge in [0, 0.05) is 31.2 Å². The molecule has 0 aromatic heterocycles. The molecule has 3 fully saturated rings. The lowest BCUT2D eigenvalue weighted by atomic mass is 9.81. The van der Waals surface area contributed by atoms with Crippen molar-refractivity contribution in [2.75, 3.05) is 19.6 Å². The van der Waals surface area contributed by atoms with Crippen molar-refractivity contribution in [1.29, 1.82) is 0 Å². The van der Waals surface area contributed by atoms with Crippen LogP contribution in [-0.2, 0) is 0 Å². The van der Waals surface area contributed by atoms with E-state index in [1.165, 1.54) is 32.4 Å². The van der Waals surface area contributed by atoms with Crippen molar-refractivity contribution >= 4 is 0 Å². The highest BCUT2D eigenvalue weighted by atomic mass is 15.5. The Bertz CT molecular complexity index is 194. The highest BCUT2D eigenvalue weighted by Crippen LogP contribution is 2.48. The molecule has 2 N–H and O–H groups in total. The summed E-state index contributed by atoms with van der Waals surface area (Å²) in [6.45, 7) is 3.73. The van der Waals surface area contributed by atoms with Gasteiger partial charge in [0.1, 0.15) is 0 Å². The van der Waals surface area contributed by atoms with E-state index in [4.69, 9.17) is 5.84 Å². The largest absolute Gasteiger partial charge is 0.296 e. The summed E-state index contributed by atoms with van der Waals surface area (Å²) in [4.78, 5) is 2.63. The standard InChI is InChI=1S/C8H15N3/c9-11-6-3-8-2-5-10(8)4-1-7(8)11/h7H,1-6,9H2. The minimum absolute atomic E-state index is 0.550. The van der Waals surface area contributed by atoms with Gasteiger partial charge in [-0.2, -0.15) is 0 Å². The number of hydrogen-bond donors (Lipinski definition) is 1. The zero-order valence-electron chi connectivity index (χ0n) is 6.79. The number of rotatable bonds is 0. The number of hydrazine groups is 1. The van der Waals surface area contributed by atoms with E-state index in [1.54, 1.807) is 0 Å². The van der Waals surface area contributed by atoms with Gasteiger partial charge in [-0.15, -0.1) is 0 Å². The van der Waals surface area contributed by atoms with Crippen LogP contribution < -0.4 is 5.84 Å². The van der Waals surface area contributed by atoms with Gasteiger partial charge in [-0.3, -0.25) is 10.7 Å². The maximum absolute atomic E-state index is 5.91. The highest BCUT2D eigenvalue weighted by molar-refractivity contribution is 5.15. The van der Waals surface area contributed by atoms with Gasteiger partial charge in [0.2, 0.25) is 0 Å². The lowest BCUT2D eigenvalue weighted by molar-refractivity contribution is 0.0171. The molecule has 3 heteroatoms. The molecule has 0 amide bonds. The summed E-state index contributed by atoms with van der Waals surface area (Å²) in [7, 11) is 0. The molecule has 2 unspecified atom stereocenters. The van der Waals surface area contributed by atoms with E-state index in [0.29, 0.717) is 11.6 Å². The fourth-order valence-corrected chi connectivity index (χ4v) is 3.22. The predicted octanol–water partition coefficient (Wildman–Crippen LogP) is -0.217. The third kappa shape index (κ3) is 0.567. The molecular weight excluding hydrogens is 138 g/mol. The van der Waals surface area contributed by atoms with E-state index < -0.39 is 0 Å². The van der Waals surface area contributed by atoms with Crippen LogP contribution in [0.25, 0.3) is 0 Å². The molecule has 62 valence electrons. The van der Waals surface area contributed by atoms with Crippen LogP contribution in [0.4, 0.5) is 0 Å². The molecule has 0 aromatic rings. The SMILES string of the molecule is NN1CCC23CCN2CCC13. The third-order valence-electron chi connectivity index (χ3n) is 3.94. The lowest BCUT2D eigenvalue weighted by Crippen LogP contribution is -2.60. The van der Waals surface area contributed by atoms with Gasteiger partial charge in [0.05, 0.1) is 0 Å². The smallest absolute Gasteiger partial charge is 0.0438 e. The van der Waals surface area contributed by atoms with Crippen molar-refractivity contribution < 1.29 is 0 Å². The quantitative estimate of drug-likeness (QED) is 0.488. The minimum atomic E-state index is 0.550. The minimum Gasteiger partial charge on any atom is -0.296 e. The molecule has 3 aliphatic rings. The van der Waals surface area contributed by atoms with Gasteiger partial charge in [-0.1, -0.05) is 0 Å². The number of hydrogen-bond acceptors (Lipinski definition) is 3. The second-order valence-electron chi connectivity index (χ2n) is 4.13. The Morgan fingerprint density at radius 1 is 1.18 bits per heavy atom. The average Bonchev–Trinajstić information content (AvgIpc) is 2.39. The first kappa shape index (κ1) is 6.40. The zero-order chi connectivity index (χ0) is 7.47. The zero-order valence-corrected chi connectivity index (χ0v) is 6.79. The monoisotopic (exact) mass is 153 g/mol. The second-order valence-corrected chi connectivity index (χ2v) is 4.13. The summed E-state index contributed by atoms with van der Waals surface area (Å²) >= 11 is 0. The first-order chi connectivity index (χ1) is 5.33. The van der Waals surface area contributed by atoms with Crippen LogP contribution in [0.5, 0.6) is 0 Å². The summed E-state index contributed by atoms with van der Waals surface area (Å²) in [5.74, 6) is 5.91. The third-order valence-corrected chi connectivity index (χ3v) is 3.94. The molecule has 0 saturated carbocycles. The molecule has 3 nitrogen and oxygen atoms in total. The lowest BCUT2D eigenvalue weighted by Gasteiger charge is -2.48. The van der Waals surface area contributed by atoms with Crippen molar-refractivity contribution in [2.45, 2.75) is 30.8 Å². The highest BCUT2D eigenvalue weighted by Gasteiger charge is 2.58. The van der Waals surface area contributed by atoms with Gasteiger partial charge in [-0.05, 0) is 19.3 Å². The van der Waals surface area contributed by atoms with Crippen molar-refractivity contribution in [3.8, 4) is 0 Å². The van der Waals surface area contributed by atoms with Gasteiger partial charge < -0.3 is 0 Å². The van der Waals surface area contributed by atoms with Crippen LogP contribution in [-0.4, -0.2) is 41.1 Å². The van der Waals surface area contributed by atoms with Crippen LogP contribution in [0.15, 0.2) is 0 Å². The van der Waals surface area contributed by atoms with E-state index >= 15 is 0 Å². The van der Waals surface area contributed by atoms with Crippen LogP contribution in [0, 0.1) is 0 Å². The molecular formula is C8H15N3.